The second kappa shape index (κ2) is 4.30. The molecular weight excluding hydrogens is 226 g/mol. The molecule has 0 spiro atoms. The monoisotopic (exact) mass is 245 g/mol. The molecule has 0 aromatic heterocycles. The van der Waals surface area contributed by atoms with Crippen LogP contribution in [0.4, 0.5) is 5.69 Å². The average molecular weight is 245 g/mol. The number of rotatable bonds is 2. The summed E-state index contributed by atoms with van der Waals surface area (Å²) in [5, 5.41) is 3.00. The number of amides is 1. The van der Waals surface area contributed by atoms with Gasteiger partial charge in [0.2, 0.25) is 5.91 Å². The van der Waals surface area contributed by atoms with Gasteiger partial charge < -0.3 is 10.1 Å². The third-order valence-electron chi connectivity index (χ3n) is 4.50. The normalized spacial score (nSPS) is 30.1. The topological polar surface area (TPSA) is 38.3 Å². The van der Waals surface area contributed by atoms with Crippen molar-refractivity contribution < 1.29 is 9.53 Å². The first-order valence-electron chi connectivity index (χ1n) is 6.70. The molecule has 1 amide bonds. The van der Waals surface area contributed by atoms with Gasteiger partial charge in [-0.2, -0.15) is 0 Å². The first-order valence-corrected chi connectivity index (χ1v) is 6.70. The summed E-state index contributed by atoms with van der Waals surface area (Å²) in [6.45, 7) is 2.27. The molecule has 3 nitrogen and oxygen atoms in total. The van der Waals surface area contributed by atoms with Gasteiger partial charge in [-0.05, 0) is 29.9 Å². The van der Waals surface area contributed by atoms with Crippen molar-refractivity contribution in [3.8, 4) is 5.75 Å². The number of anilines is 1. The Morgan fingerprint density at radius 2 is 2.17 bits per heavy atom. The minimum Gasteiger partial charge on any atom is -0.495 e. The predicted octanol–water partition coefficient (Wildman–Crippen LogP) is 3.17. The van der Waals surface area contributed by atoms with Gasteiger partial charge in [0.15, 0.2) is 0 Å². The molecule has 0 bridgehead atoms. The van der Waals surface area contributed by atoms with E-state index in [4.69, 9.17) is 4.74 Å². The van der Waals surface area contributed by atoms with E-state index >= 15 is 0 Å². The fourth-order valence-electron chi connectivity index (χ4n) is 3.55. The second-order valence-corrected chi connectivity index (χ2v) is 5.46. The van der Waals surface area contributed by atoms with Crippen LogP contribution < -0.4 is 10.1 Å². The van der Waals surface area contributed by atoms with E-state index in [9.17, 15) is 4.79 Å². The fourth-order valence-corrected chi connectivity index (χ4v) is 3.55. The summed E-state index contributed by atoms with van der Waals surface area (Å²) in [4.78, 5) is 12.3. The second-order valence-electron chi connectivity index (χ2n) is 5.46. The van der Waals surface area contributed by atoms with Gasteiger partial charge in [-0.25, -0.2) is 0 Å². The first-order chi connectivity index (χ1) is 8.72. The Morgan fingerprint density at radius 1 is 1.33 bits per heavy atom. The number of carbonyl (C=O) groups is 1. The summed E-state index contributed by atoms with van der Waals surface area (Å²) in [6, 6.07) is 5.94. The summed E-state index contributed by atoms with van der Waals surface area (Å²) in [5.41, 5.74) is 2.01. The molecular formula is C15H19NO2. The summed E-state index contributed by atoms with van der Waals surface area (Å²) in [7, 11) is 1.65. The van der Waals surface area contributed by atoms with Crippen LogP contribution in [0.3, 0.4) is 0 Å². The molecule has 18 heavy (non-hydrogen) atoms. The van der Waals surface area contributed by atoms with E-state index in [1.54, 1.807) is 7.11 Å². The standard InChI is InChI=1S/C15H19NO2/c1-9-5-3-6-10(9)13-11-7-4-8-12(18-2)14(11)16-15(13)17/h4,7-10,13H,3,5-6H2,1-2H3,(H,16,17). The highest BCUT2D eigenvalue weighted by Crippen LogP contribution is 2.48. The highest BCUT2D eigenvalue weighted by atomic mass is 16.5. The summed E-state index contributed by atoms with van der Waals surface area (Å²) >= 11 is 0. The Hall–Kier alpha value is -1.51. The molecule has 1 saturated carbocycles. The van der Waals surface area contributed by atoms with E-state index in [2.05, 4.69) is 18.3 Å². The smallest absolute Gasteiger partial charge is 0.232 e. The van der Waals surface area contributed by atoms with Crippen LogP contribution in [0.1, 0.15) is 37.7 Å². The van der Waals surface area contributed by atoms with Gasteiger partial charge in [0, 0.05) is 0 Å². The van der Waals surface area contributed by atoms with Crippen LogP contribution in [0.25, 0.3) is 0 Å². The molecule has 1 aromatic rings. The van der Waals surface area contributed by atoms with Crippen LogP contribution in [-0.2, 0) is 4.79 Å². The Morgan fingerprint density at radius 3 is 2.83 bits per heavy atom. The van der Waals surface area contributed by atoms with Crippen LogP contribution in [0.2, 0.25) is 0 Å². The highest BCUT2D eigenvalue weighted by Gasteiger charge is 2.41. The van der Waals surface area contributed by atoms with Crippen molar-refractivity contribution in [1.29, 1.82) is 0 Å². The van der Waals surface area contributed by atoms with E-state index < -0.39 is 0 Å². The SMILES string of the molecule is COc1cccc2c1NC(=O)C2C1CCCC1C. The quantitative estimate of drug-likeness (QED) is 0.869. The van der Waals surface area contributed by atoms with E-state index in [1.165, 1.54) is 12.8 Å². The third-order valence-corrected chi connectivity index (χ3v) is 4.50. The van der Waals surface area contributed by atoms with Crippen molar-refractivity contribution in [2.75, 3.05) is 12.4 Å². The van der Waals surface area contributed by atoms with Gasteiger partial charge in [0.05, 0.1) is 18.7 Å². The summed E-state index contributed by atoms with van der Waals surface area (Å²) < 4.78 is 5.33. The van der Waals surface area contributed by atoms with Crippen LogP contribution in [0.5, 0.6) is 5.75 Å². The molecule has 3 heteroatoms. The van der Waals surface area contributed by atoms with E-state index in [-0.39, 0.29) is 11.8 Å². The number of fused-ring (bicyclic) bond motifs is 1. The maximum atomic E-state index is 12.3. The van der Waals surface area contributed by atoms with Gasteiger partial charge >= 0.3 is 0 Å². The summed E-state index contributed by atoms with van der Waals surface area (Å²) in [6.07, 6.45) is 3.65. The number of benzene rings is 1. The summed E-state index contributed by atoms with van der Waals surface area (Å²) in [5.74, 6) is 2.06. The molecule has 2 aliphatic rings. The Bertz CT molecular complexity index is 483. The molecule has 1 fully saturated rings. The van der Waals surface area contributed by atoms with Crippen molar-refractivity contribution in [3.05, 3.63) is 23.8 Å². The number of nitrogens with one attached hydrogen (secondary N) is 1. The zero-order valence-electron chi connectivity index (χ0n) is 10.9. The maximum Gasteiger partial charge on any atom is 0.232 e. The van der Waals surface area contributed by atoms with E-state index in [1.807, 2.05) is 12.1 Å². The molecule has 3 unspecified atom stereocenters. The molecule has 1 N–H and O–H groups in total. The molecule has 1 aliphatic heterocycles. The zero-order valence-corrected chi connectivity index (χ0v) is 10.9. The lowest BCUT2D eigenvalue weighted by atomic mass is 9.81. The molecule has 1 heterocycles. The molecule has 3 rings (SSSR count). The predicted molar refractivity (Wildman–Crippen MR) is 70.9 cm³/mol. The fraction of sp³-hybridized carbons (Fsp3) is 0.533. The molecule has 1 aromatic carbocycles. The number of para-hydroxylation sites is 1. The number of hydrogen-bond acceptors (Lipinski definition) is 2. The lowest BCUT2D eigenvalue weighted by Crippen LogP contribution is -2.22. The first kappa shape index (κ1) is 11.6. The number of methoxy groups -OCH3 is 1. The van der Waals surface area contributed by atoms with Gasteiger partial charge in [0.1, 0.15) is 5.75 Å². The van der Waals surface area contributed by atoms with Crippen LogP contribution in [-0.4, -0.2) is 13.0 Å². The van der Waals surface area contributed by atoms with Crippen molar-refractivity contribution in [3.63, 3.8) is 0 Å². The third kappa shape index (κ3) is 1.61. The maximum absolute atomic E-state index is 12.3. The van der Waals surface area contributed by atoms with Crippen molar-refractivity contribution in [2.45, 2.75) is 32.1 Å². The largest absolute Gasteiger partial charge is 0.495 e. The van der Waals surface area contributed by atoms with Crippen molar-refractivity contribution in [2.24, 2.45) is 11.8 Å². The van der Waals surface area contributed by atoms with Crippen LogP contribution in [0.15, 0.2) is 18.2 Å². The lowest BCUT2D eigenvalue weighted by molar-refractivity contribution is -0.118. The molecule has 0 radical (unpaired) electrons. The molecule has 0 saturated heterocycles. The Balaban J connectivity index is 2.01. The number of carbonyl (C=O) groups excluding carboxylic acids is 1. The molecule has 1 aliphatic carbocycles. The molecule has 96 valence electrons. The van der Waals surface area contributed by atoms with Gasteiger partial charge in [-0.15, -0.1) is 0 Å². The van der Waals surface area contributed by atoms with Gasteiger partial charge in [-0.1, -0.05) is 31.9 Å². The number of hydrogen-bond donors (Lipinski definition) is 1. The highest BCUT2D eigenvalue weighted by molar-refractivity contribution is 6.04. The van der Waals surface area contributed by atoms with Gasteiger partial charge in [-0.3, -0.25) is 4.79 Å². The lowest BCUT2D eigenvalue weighted by Gasteiger charge is -2.21. The zero-order chi connectivity index (χ0) is 12.7. The Kier molecular flexibility index (Phi) is 2.77. The average Bonchev–Trinajstić information content (AvgIpc) is 2.91. The van der Waals surface area contributed by atoms with Crippen molar-refractivity contribution >= 4 is 11.6 Å². The number of ether oxygens (including phenoxy) is 1. The Labute approximate surface area is 108 Å². The minimum atomic E-state index is 0.0209. The van der Waals surface area contributed by atoms with Crippen LogP contribution in [0, 0.1) is 11.8 Å². The van der Waals surface area contributed by atoms with Crippen LogP contribution >= 0.6 is 0 Å². The molecule has 3 atom stereocenters. The van der Waals surface area contributed by atoms with Gasteiger partial charge in [0.25, 0.3) is 0 Å². The van der Waals surface area contributed by atoms with Crippen molar-refractivity contribution in [1.82, 2.24) is 0 Å². The van der Waals surface area contributed by atoms with E-state index in [0.717, 1.165) is 23.4 Å². The van der Waals surface area contributed by atoms with E-state index in [0.29, 0.717) is 11.8 Å². The minimum absolute atomic E-state index is 0.0209.